The maximum absolute atomic E-state index is 12.1. The molecular weight excluding hydrogens is 286 g/mol. The first kappa shape index (κ1) is 13.0. The Labute approximate surface area is 115 Å². The number of amides is 1. The lowest BCUT2D eigenvalue weighted by Crippen LogP contribution is -2.22. The number of nitrogens with zero attached hydrogens (tertiary/aromatic N) is 2. The van der Waals surface area contributed by atoms with Crippen LogP contribution in [0.1, 0.15) is 18.7 Å². The van der Waals surface area contributed by atoms with E-state index in [1.54, 1.807) is 6.92 Å². The van der Waals surface area contributed by atoms with Crippen LogP contribution in [0.15, 0.2) is 0 Å². The van der Waals surface area contributed by atoms with Gasteiger partial charge in [0.1, 0.15) is 5.82 Å². The van der Waals surface area contributed by atoms with Gasteiger partial charge in [0.15, 0.2) is 9.84 Å². The summed E-state index contributed by atoms with van der Waals surface area (Å²) in [5, 5.41) is 3.29. The highest BCUT2D eigenvalue weighted by Gasteiger charge is 2.46. The molecular formula is C11H15N3O3S2. The number of hydrogen-bond donors (Lipinski definition) is 1. The number of sulfone groups is 1. The number of aryl methyl sites for hydroxylation is 1. The molecule has 104 valence electrons. The van der Waals surface area contributed by atoms with Crippen LogP contribution in [-0.4, -0.2) is 35.2 Å². The Balaban J connectivity index is 1.62. The van der Waals surface area contributed by atoms with Crippen molar-refractivity contribution in [1.82, 2.24) is 9.36 Å². The van der Waals surface area contributed by atoms with E-state index in [2.05, 4.69) is 14.7 Å². The van der Waals surface area contributed by atoms with Crippen molar-refractivity contribution in [3.63, 3.8) is 0 Å². The summed E-state index contributed by atoms with van der Waals surface area (Å²) in [6.07, 6.45) is 1.35. The highest BCUT2D eigenvalue weighted by atomic mass is 32.2. The van der Waals surface area contributed by atoms with Crippen molar-refractivity contribution in [2.24, 2.45) is 17.8 Å². The van der Waals surface area contributed by atoms with E-state index < -0.39 is 9.84 Å². The van der Waals surface area contributed by atoms with Crippen molar-refractivity contribution in [2.75, 3.05) is 16.8 Å². The maximum atomic E-state index is 12.1. The van der Waals surface area contributed by atoms with Gasteiger partial charge in [-0.2, -0.15) is 4.37 Å². The zero-order valence-corrected chi connectivity index (χ0v) is 12.1. The zero-order valence-electron chi connectivity index (χ0n) is 10.5. The third-order valence-corrected chi connectivity index (χ3v) is 6.50. The van der Waals surface area contributed by atoms with Crippen LogP contribution in [0.2, 0.25) is 0 Å². The number of fused-ring (bicyclic) bond motifs is 1. The van der Waals surface area contributed by atoms with Crippen LogP contribution < -0.4 is 5.32 Å². The molecule has 0 spiro atoms. The molecule has 6 nitrogen and oxygen atoms in total. The fourth-order valence-electron chi connectivity index (χ4n) is 3.11. The second-order valence-corrected chi connectivity index (χ2v) is 8.31. The number of hydrogen-bond acceptors (Lipinski definition) is 6. The van der Waals surface area contributed by atoms with Crippen LogP contribution in [0, 0.1) is 24.7 Å². The lowest BCUT2D eigenvalue weighted by Gasteiger charge is -2.09. The molecule has 1 amide bonds. The molecule has 1 aromatic heterocycles. The van der Waals surface area contributed by atoms with Crippen LogP contribution in [0.4, 0.5) is 5.13 Å². The molecule has 1 aliphatic carbocycles. The van der Waals surface area contributed by atoms with Crippen LogP contribution in [-0.2, 0) is 14.6 Å². The highest BCUT2D eigenvalue weighted by molar-refractivity contribution is 7.91. The van der Waals surface area contributed by atoms with E-state index in [9.17, 15) is 13.2 Å². The highest BCUT2D eigenvalue weighted by Crippen LogP contribution is 2.43. The molecule has 3 rings (SSSR count). The summed E-state index contributed by atoms with van der Waals surface area (Å²) < 4.78 is 27.0. The summed E-state index contributed by atoms with van der Waals surface area (Å²) in [7, 11) is -2.86. The number of carbonyl (C=O) groups is 1. The van der Waals surface area contributed by atoms with Gasteiger partial charge in [0.25, 0.3) is 0 Å². The standard InChI is InChI=1S/C11H15N3O3S2/c1-6-12-11(18-14-6)13-10(15)7-2-8-4-19(16,17)5-9(8)3-7/h7-9H,2-5H2,1H3,(H,12,13,14,15)/t7?,8-,9+. The van der Waals surface area contributed by atoms with Crippen molar-refractivity contribution in [2.45, 2.75) is 19.8 Å². The van der Waals surface area contributed by atoms with E-state index >= 15 is 0 Å². The van der Waals surface area contributed by atoms with Gasteiger partial charge in [-0.1, -0.05) is 0 Å². The Morgan fingerprint density at radius 3 is 2.47 bits per heavy atom. The summed E-state index contributed by atoms with van der Waals surface area (Å²) in [5.41, 5.74) is 0. The minimum atomic E-state index is -2.86. The zero-order chi connectivity index (χ0) is 13.6. The predicted octanol–water partition coefficient (Wildman–Crippen LogP) is 0.856. The van der Waals surface area contributed by atoms with Crippen LogP contribution in [0.5, 0.6) is 0 Å². The number of anilines is 1. The predicted molar refractivity (Wildman–Crippen MR) is 71.6 cm³/mol. The largest absolute Gasteiger partial charge is 0.300 e. The Morgan fingerprint density at radius 2 is 1.95 bits per heavy atom. The quantitative estimate of drug-likeness (QED) is 0.875. The maximum Gasteiger partial charge on any atom is 0.229 e. The first-order chi connectivity index (χ1) is 8.93. The van der Waals surface area contributed by atoms with Crippen molar-refractivity contribution in [1.29, 1.82) is 0 Å². The average molecular weight is 301 g/mol. The first-order valence-corrected chi connectivity index (χ1v) is 8.84. The third kappa shape index (κ3) is 2.64. The Bertz CT molecular complexity index is 590. The molecule has 0 aromatic carbocycles. The molecule has 2 heterocycles. The smallest absolute Gasteiger partial charge is 0.229 e. The van der Waals surface area contributed by atoms with E-state index in [4.69, 9.17) is 0 Å². The molecule has 1 unspecified atom stereocenters. The number of rotatable bonds is 2. The molecule has 1 saturated carbocycles. The molecule has 2 fully saturated rings. The van der Waals surface area contributed by atoms with E-state index in [1.807, 2.05) is 0 Å². The second-order valence-electron chi connectivity index (χ2n) is 5.40. The molecule has 1 saturated heterocycles. The van der Waals surface area contributed by atoms with Crippen molar-refractivity contribution in [3.8, 4) is 0 Å². The van der Waals surface area contributed by atoms with Gasteiger partial charge in [0.2, 0.25) is 11.0 Å². The van der Waals surface area contributed by atoms with E-state index in [0.717, 1.165) is 0 Å². The molecule has 0 bridgehead atoms. The SMILES string of the molecule is Cc1nsc(NC(=O)C2C[C@@H]3CS(=O)(=O)C[C@@H]3C2)n1. The summed E-state index contributed by atoms with van der Waals surface area (Å²) in [6, 6.07) is 0. The topological polar surface area (TPSA) is 89.0 Å². The first-order valence-electron chi connectivity index (χ1n) is 6.24. The fourth-order valence-corrected chi connectivity index (χ4v) is 5.95. The van der Waals surface area contributed by atoms with Crippen LogP contribution >= 0.6 is 11.5 Å². The van der Waals surface area contributed by atoms with Gasteiger partial charge in [-0.05, 0) is 31.6 Å². The minimum absolute atomic E-state index is 0.0528. The van der Waals surface area contributed by atoms with E-state index in [0.29, 0.717) is 23.8 Å². The lowest BCUT2D eigenvalue weighted by molar-refractivity contribution is -0.119. The monoisotopic (exact) mass is 301 g/mol. The van der Waals surface area contributed by atoms with Gasteiger partial charge in [0, 0.05) is 17.5 Å². The van der Waals surface area contributed by atoms with Gasteiger partial charge in [-0.3, -0.25) is 4.79 Å². The molecule has 1 aromatic rings. The van der Waals surface area contributed by atoms with Gasteiger partial charge in [0.05, 0.1) is 11.5 Å². The Kier molecular flexibility index (Phi) is 3.09. The van der Waals surface area contributed by atoms with Gasteiger partial charge in [-0.25, -0.2) is 13.4 Å². The summed E-state index contributed by atoms with van der Waals surface area (Å²) in [5.74, 6) is 1.33. The molecule has 1 aliphatic heterocycles. The minimum Gasteiger partial charge on any atom is -0.300 e. The number of aromatic nitrogens is 2. The summed E-state index contributed by atoms with van der Waals surface area (Å²) >= 11 is 1.17. The normalized spacial score (nSPS) is 32.2. The van der Waals surface area contributed by atoms with Gasteiger partial charge < -0.3 is 5.32 Å². The molecule has 8 heteroatoms. The fraction of sp³-hybridized carbons (Fsp3) is 0.727. The Morgan fingerprint density at radius 1 is 1.32 bits per heavy atom. The van der Waals surface area contributed by atoms with E-state index in [1.165, 1.54) is 11.5 Å². The molecule has 3 atom stereocenters. The molecule has 2 aliphatic rings. The molecule has 19 heavy (non-hydrogen) atoms. The Hall–Kier alpha value is -1.02. The summed E-state index contributed by atoms with van der Waals surface area (Å²) in [6.45, 7) is 1.77. The van der Waals surface area contributed by atoms with E-state index in [-0.39, 0.29) is 35.2 Å². The van der Waals surface area contributed by atoms with Crippen molar-refractivity contribution in [3.05, 3.63) is 5.82 Å². The van der Waals surface area contributed by atoms with Crippen molar-refractivity contribution < 1.29 is 13.2 Å². The number of nitrogens with one attached hydrogen (secondary N) is 1. The molecule has 1 N–H and O–H groups in total. The molecule has 0 radical (unpaired) electrons. The number of carbonyl (C=O) groups excluding carboxylic acids is 1. The second kappa shape index (κ2) is 4.52. The average Bonchev–Trinajstić information content (AvgIpc) is 2.91. The van der Waals surface area contributed by atoms with Crippen molar-refractivity contribution >= 4 is 32.4 Å². The van der Waals surface area contributed by atoms with Gasteiger partial charge >= 0.3 is 0 Å². The van der Waals surface area contributed by atoms with Crippen LogP contribution in [0.3, 0.4) is 0 Å². The third-order valence-electron chi connectivity index (χ3n) is 3.91. The van der Waals surface area contributed by atoms with Crippen LogP contribution in [0.25, 0.3) is 0 Å². The van der Waals surface area contributed by atoms with Gasteiger partial charge in [-0.15, -0.1) is 0 Å². The lowest BCUT2D eigenvalue weighted by atomic mass is 10.0. The summed E-state index contributed by atoms with van der Waals surface area (Å²) in [4.78, 5) is 16.2.